The minimum atomic E-state index is 0.546. The standard InChI is InChI=1S/C21H21ClN4O2/c1-27-19-8-5-16(21(25-19)28-2)12-26-10-9-15-11-23-20(24-18(15)13-26)14-3-6-17(22)7-4-14/h3-8,11H,9-10,12-13H2,1-2H3. The molecule has 144 valence electrons. The molecule has 1 aliphatic heterocycles. The normalized spacial score (nSPS) is 13.8. The van der Waals surface area contributed by atoms with Crippen molar-refractivity contribution in [3.8, 4) is 23.1 Å². The first-order chi connectivity index (χ1) is 13.7. The largest absolute Gasteiger partial charge is 0.481 e. The van der Waals surface area contributed by atoms with E-state index in [1.165, 1.54) is 5.56 Å². The van der Waals surface area contributed by atoms with Gasteiger partial charge in [-0.1, -0.05) is 11.6 Å². The number of hydrogen-bond donors (Lipinski definition) is 0. The summed E-state index contributed by atoms with van der Waals surface area (Å²) in [5.74, 6) is 1.86. The summed E-state index contributed by atoms with van der Waals surface area (Å²) < 4.78 is 10.6. The molecule has 0 saturated heterocycles. The fourth-order valence-corrected chi connectivity index (χ4v) is 3.46. The van der Waals surface area contributed by atoms with E-state index < -0.39 is 0 Å². The molecule has 0 atom stereocenters. The average molecular weight is 397 g/mol. The number of hydrogen-bond acceptors (Lipinski definition) is 6. The van der Waals surface area contributed by atoms with Gasteiger partial charge in [0.15, 0.2) is 5.82 Å². The number of pyridine rings is 1. The van der Waals surface area contributed by atoms with Gasteiger partial charge in [0.05, 0.1) is 19.9 Å². The summed E-state index contributed by atoms with van der Waals surface area (Å²) in [5, 5.41) is 0.704. The number of benzene rings is 1. The van der Waals surface area contributed by atoms with Gasteiger partial charge in [-0.05, 0) is 42.3 Å². The Labute approximate surface area is 169 Å². The third-order valence-electron chi connectivity index (χ3n) is 4.84. The van der Waals surface area contributed by atoms with Crippen LogP contribution in [0, 0.1) is 0 Å². The average Bonchev–Trinajstić information content (AvgIpc) is 2.74. The van der Waals surface area contributed by atoms with E-state index in [1.807, 2.05) is 42.6 Å². The zero-order valence-electron chi connectivity index (χ0n) is 15.9. The van der Waals surface area contributed by atoms with Crippen molar-refractivity contribution in [2.24, 2.45) is 0 Å². The van der Waals surface area contributed by atoms with Crippen molar-refractivity contribution in [3.05, 3.63) is 64.4 Å². The molecule has 4 rings (SSSR count). The van der Waals surface area contributed by atoms with Gasteiger partial charge in [0.2, 0.25) is 11.8 Å². The first-order valence-corrected chi connectivity index (χ1v) is 9.45. The smallest absolute Gasteiger partial charge is 0.220 e. The summed E-state index contributed by atoms with van der Waals surface area (Å²) in [6.07, 6.45) is 2.86. The molecule has 6 nitrogen and oxygen atoms in total. The van der Waals surface area contributed by atoms with Crippen LogP contribution in [0.3, 0.4) is 0 Å². The van der Waals surface area contributed by atoms with Gasteiger partial charge in [0.25, 0.3) is 0 Å². The van der Waals surface area contributed by atoms with Crippen molar-refractivity contribution in [2.45, 2.75) is 19.5 Å². The Morgan fingerprint density at radius 2 is 1.86 bits per heavy atom. The Bertz CT molecular complexity index is 979. The van der Waals surface area contributed by atoms with E-state index in [2.05, 4.69) is 14.9 Å². The van der Waals surface area contributed by atoms with E-state index in [-0.39, 0.29) is 0 Å². The summed E-state index contributed by atoms with van der Waals surface area (Å²) in [6, 6.07) is 11.5. The first kappa shape index (κ1) is 18.7. The highest BCUT2D eigenvalue weighted by atomic mass is 35.5. The van der Waals surface area contributed by atoms with Crippen LogP contribution in [0.5, 0.6) is 11.8 Å². The predicted molar refractivity (Wildman–Crippen MR) is 108 cm³/mol. The van der Waals surface area contributed by atoms with Crippen LogP contribution >= 0.6 is 11.6 Å². The van der Waals surface area contributed by atoms with E-state index in [9.17, 15) is 0 Å². The first-order valence-electron chi connectivity index (χ1n) is 9.07. The van der Waals surface area contributed by atoms with Crippen LogP contribution in [0.4, 0.5) is 0 Å². The highest BCUT2D eigenvalue weighted by Gasteiger charge is 2.20. The van der Waals surface area contributed by atoms with E-state index in [1.54, 1.807) is 14.2 Å². The quantitative estimate of drug-likeness (QED) is 0.654. The van der Waals surface area contributed by atoms with Crippen LogP contribution in [-0.2, 0) is 19.5 Å². The Morgan fingerprint density at radius 3 is 2.61 bits per heavy atom. The second-order valence-corrected chi connectivity index (χ2v) is 7.09. The minimum Gasteiger partial charge on any atom is -0.481 e. The summed E-state index contributed by atoms with van der Waals surface area (Å²) >= 11 is 5.98. The molecule has 0 aliphatic carbocycles. The van der Waals surface area contributed by atoms with Crippen LogP contribution in [0.2, 0.25) is 5.02 Å². The number of nitrogens with zero attached hydrogens (tertiary/aromatic N) is 4. The molecule has 0 spiro atoms. The minimum absolute atomic E-state index is 0.546. The van der Waals surface area contributed by atoms with Crippen LogP contribution < -0.4 is 9.47 Å². The second-order valence-electron chi connectivity index (χ2n) is 6.66. The van der Waals surface area contributed by atoms with Gasteiger partial charge in [-0.3, -0.25) is 4.90 Å². The lowest BCUT2D eigenvalue weighted by molar-refractivity contribution is 0.236. The molecule has 0 unspecified atom stereocenters. The lowest BCUT2D eigenvalue weighted by Crippen LogP contribution is -2.31. The number of methoxy groups -OCH3 is 2. The maximum absolute atomic E-state index is 5.98. The molecule has 0 radical (unpaired) electrons. The fourth-order valence-electron chi connectivity index (χ4n) is 3.33. The molecule has 3 heterocycles. The Morgan fingerprint density at radius 1 is 1.04 bits per heavy atom. The van der Waals surface area contributed by atoms with Gasteiger partial charge in [0, 0.05) is 48.0 Å². The van der Waals surface area contributed by atoms with Crippen molar-refractivity contribution in [3.63, 3.8) is 0 Å². The molecule has 0 fully saturated rings. The van der Waals surface area contributed by atoms with Crippen molar-refractivity contribution >= 4 is 11.6 Å². The lowest BCUT2D eigenvalue weighted by atomic mass is 10.1. The summed E-state index contributed by atoms with van der Waals surface area (Å²) in [4.78, 5) is 16.1. The van der Waals surface area contributed by atoms with Crippen LogP contribution in [0.15, 0.2) is 42.6 Å². The second kappa shape index (κ2) is 8.12. The monoisotopic (exact) mass is 396 g/mol. The molecular formula is C21H21ClN4O2. The van der Waals surface area contributed by atoms with Gasteiger partial charge in [-0.2, -0.15) is 4.98 Å². The summed E-state index contributed by atoms with van der Waals surface area (Å²) in [6.45, 7) is 2.43. The third kappa shape index (κ3) is 3.93. The van der Waals surface area contributed by atoms with E-state index in [4.69, 9.17) is 26.1 Å². The number of rotatable bonds is 5. The van der Waals surface area contributed by atoms with Crippen molar-refractivity contribution < 1.29 is 9.47 Å². The van der Waals surface area contributed by atoms with Gasteiger partial charge in [-0.25, -0.2) is 9.97 Å². The topological polar surface area (TPSA) is 60.4 Å². The predicted octanol–water partition coefficient (Wildman–Crippen LogP) is 3.77. The Hall–Kier alpha value is -2.70. The number of aromatic nitrogens is 3. The number of ether oxygens (including phenoxy) is 2. The highest BCUT2D eigenvalue weighted by Crippen LogP contribution is 2.26. The molecule has 2 aromatic heterocycles. The van der Waals surface area contributed by atoms with Gasteiger partial charge < -0.3 is 9.47 Å². The van der Waals surface area contributed by atoms with Crippen molar-refractivity contribution in [1.82, 2.24) is 19.9 Å². The van der Waals surface area contributed by atoms with Gasteiger partial charge >= 0.3 is 0 Å². The molecule has 0 bridgehead atoms. The van der Waals surface area contributed by atoms with Crippen LogP contribution in [0.25, 0.3) is 11.4 Å². The number of fused-ring (bicyclic) bond motifs is 1. The van der Waals surface area contributed by atoms with E-state index in [0.717, 1.165) is 48.7 Å². The summed E-state index contributed by atoms with van der Waals surface area (Å²) in [7, 11) is 3.23. The highest BCUT2D eigenvalue weighted by molar-refractivity contribution is 6.30. The Kier molecular flexibility index (Phi) is 5.41. The van der Waals surface area contributed by atoms with Gasteiger partial charge in [0.1, 0.15) is 0 Å². The van der Waals surface area contributed by atoms with Gasteiger partial charge in [-0.15, -0.1) is 0 Å². The molecule has 0 N–H and O–H groups in total. The summed E-state index contributed by atoms with van der Waals surface area (Å²) in [5.41, 5.74) is 4.25. The zero-order chi connectivity index (χ0) is 19.5. The SMILES string of the molecule is COc1ccc(CN2CCc3cnc(-c4ccc(Cl)cc4)nc3C2)c(OC)n1. The molecule has 0 amide bonds. The van der Waals surface area contributed by atoms with E-state index >= 15 is 0 Å². The van der Waals surface area contributed by atoms with Crippen LogP contribution in [0.1, 0.15) is 16.8 Å². The molecular weight excluding hydrogens is 376 g/mol. The zero-order valence-corrected chi connectivity index (χ0v) is 16.6. The molecule has 7 heteroatoms. The van der Waals surface area contributed by atoms with Crippen molar-refractivity contribution in [1.29, 1.82) is 0 Å². The third-order valence-corrected chi connectivity index (χ3v) is 5.09. The van der Waals surface area contributed by atoms with E-state index in [0.29, 0.717) is 16.8 Å². The maximum atomic E-state index is 5.98. The molecule has 0 saturated carbocycles. The molecule has 28 heavy (non-hydrogen) atoms. The number of halogens is 1. The molecule has 1 aliphatic rings. The van der Waals surface area contributed by atoms with Crippen LogP contribution in [-0.4, -0.2) is 40.6 Å². The maximum Gasteiger partial charge on any atom is 0.220 e. The Balaban J connectivity index is 1.54. The fraction of sp³-hybridized carbons (Fsp3) is 0.286. The van der Waals surface area contributed by atoms with Crippen molar-refractivity contribution in [2.75, 3.05) is 20.8 Å². The molecule has 1 aromatic carbocycles. The lowest BCUT2D eigenvalue weighted by Gasteiger charge is -2.28. The molecule has 3 aromatic rings.